The fourth-order valence-corrected chi connectivity index (χ4v) is 4.24. The number of sulfonamides is 1. The normalized spacial score (nSPS) is 15.1. The Hall–Kier alpha value is -1.18. The first-order valence-corrected chi connectivity index (χ1v) is 9.72. The Balaban J connectivity index is 2.16. The monoisotopic (exact) mass is 341 g/mol. The Morgan fingerprint density at radius 2 is 2.14 bits per heavy atom. The summed E-state index contributed by atoms with van der Waals surface area (Å²) in [6.45, 7) is 6.03. The van der Waals surface area contributed by atoms with Crippen LogP contribution in [0.5, 0.6) is 0 Å². The maximum absolute atomic E-state index is 12.7. The molecule has 0 aliphatic heterocycles. The third-order valence-electron chi connectivity index (χ3n) is 4.02. The van der Waals surface area contributed by atoms with E-state index in [-0.39, 0.29) is 17.1 Å². The molecular formula is C15H23N3O2S2. The van der Waals surface area contributed by atoms with Crippen LogP contribution in [0.1, 0.15) is 38.1 Å². The van der Waals surface area contributed by atoms with Crippen LogP contribution in [-0.2, 0) is 16.4 Å². The number of aromatic nitrogens is 2. The molecule has 122 valence electrons. The molecule has 0 fully saturated rings. The molecule has 0 saturated carbocycles. The van der Waals surface area contributed by atoms with Crippen molar-refractivity contribution < 1.29 is 8.42 Å². The Morgan fingerprint density at radius 1 is 1.41 bits per heavy atom. The van der Waals surface area contributed by atoms with Gasteiger partial charge in [0.2, 0.25) is 0 Å². The predicted molar refractivity (Wildman–Crippen MR) is 89.7 cm³/mol. The van der Waals surface area contributed by atoms with Gasteiger partial charge < -0.3 is 4.57 Å². The van der Waals surface area contributed by atoms with Crippen molar-refractivity contribution >= 4 is 21.4 Å². The lowest BCUT2D eigenvalue weighted by molar-refractivity contribution is 0.387. The molecule has 0 saturated heterocycles. The minimum absolute atomic E-state index is 0.114. The lowest BCUT2D eigenvalue weighted by atomic mass is 10.2. The molecule has 0 radical (unpaired) electrons. The number of hydrogen-bond acceptors (Lipinski definition) is 4. The standard InChI is InChI=1S/C15H23N3O2S2/c1-5-12(2)18-10-15(16-11-18)22(19,20)17(4)13(3)9-14-7-6-8-21-14/h6-8,10-13H,5,9H2,1-4H3/t12-,13-/m1/s1. The van der Waals surface area contributed by atoms with Crippen LogP contribution < -0.4 is 0 Å². The van der Waals surface area contributed by atoms with Gasteiger partial charge in [-0.3, -0.25) is 0 Å². The van der Waals surface area contributed by atoms with Gasteiger partial charge in [-0.05, 0) is 38.1 Å². The van der Waals surface area contributed by atoms with Crippen LogP contribution in [0, 0.1) is 0 Å². The van der Waals surface area contributed by atoms with Crippen LogP contribution in [0.2, 0.25) is 0 Å². The summed E-state index contributed by atoms with van der Waals surface area (Å²) in [5, 5.41) is 2.12. The zero-order valence-corrected chi connectivity index (χ0v) is 15.1. The fourth-order valence-electron chi connectivity index (χ4n) is 2.14. The summed E-state index contributed by atoms with van der Waals surface area (Å²) >= 11 is 1.64. The van der Waals surface area contributed by atoms with Gasteiger partial charge in [0.25, 0.3) is 10.0 Å². The molecule has 5 nitrogen and oxygen atoms in total. The van der Waals surface area contributed by atoms with Gasteiger partial charge in [0.1, 0.15) is 0 Å². The summed E-state index contributed by atoms with van der Waals surface area (Å²) in [5.74, 6) is 0. The smallest absolute Gasteiger partial charge is 0.262 e. The van der Waals surface area contributed by atoms with E-state index >= 15 is 0 Å². The molecule has 0 aromatic carbocycles. The van der Waals surface area contributed by atoms with E-state index in [4.69, 9.17) is 0 Å². The molecule has 0 amide bonds. The number of rotatable bonds is 7. The molecule has 0 aliphatic rings. The van der Waals surface area contributed by atoms with Crippen LogP contribution in [0.25, 0.3) is 0 Å². The van der Waals surface area contributed by atoms with Crippen LogP contribution >= 0.6 is 11.3 Å². The lowest BCUT2D eigenvalue weighted by Crippen LogP contribution is -2.36. The summed E-state index contributed by atoms with van der Waals surface area (Å²) in [5.41, 5.74) is 0. The zero-order chi connectivity index (χ0) is 16.3. The van der Waals surface area contributed by atoms with Crippen LogP contribution in [0.15, 0.2) is 35.1 Å². The highest BCUT2D eigenvalue weighted by molar-refractivity contribution is 7.89. The van der Waals surface area contributed by atoms with Gasteiger partial charge in [-0.25, -0.2) is 13.4 Å². The first kappa shape index (κ1) is 17.2. The molecule has 7 heteroatoms. The van der Waals surface area contributed by atoms with E-state index in [9.17, 15) is 8.42 Å². The number of imidazole rings is 1. The average molecular weight is 342 g/mol. The van der Waals surface area contributed by atoms with E-state index < -0.39 is 10.0 Å². The molecule has 0 unspecified atom stereocenters. The van der Waals surface area contributed by atoms with E-state index in [0.29, 0.717) is 6.42 Å². The molecule has 2 aromatic rings. The van der Waals surface area contributed by atoms with Gasteiger partial charge in [0.05, 0.1) is 6.33 Å². The minimum Gasteiger partial charge on any atom is -0.333 e. The summed E-state index contributed by atoms with van der Waals surface area (Å²) in [6, 6.07) is 4.14. The van der Waals surface area contributed by atoms with Crippen molar-refractivity contribution in [3.05, 3.63) is 34.9 Å². The molecule has 2 heterocycles. The summed E-state index contributed by atoms with van der Waals surface area (Å²) < 4.78 is 28.6. The van der Waals surface area contributed by atoms with Crippen molar-refractivity contribution in [2.75, 3.05) is 7.05 Å². The van der Waals surface area contributed by atoms with Crippen LogP contribution in [0.3, 0.4) is 0 Å². The molecule has 2 atom stereocenters. The molecule has 0 spiro atoms. The highest BCUT2D eigenvalue weighted by Crippen LogP contribution is 2.20. The van der Waals surface area contributed by atoms with Crippen LogP contribution in [0.4, 0.5) is 0 Å². The Morgan fingerprint density at radius 3 is 2.73 bits per heavy atom. The zero-order valence-electron chi connectivity index (χ0n) is 13.4. The largest absolute Gasteiger partial charge is 0.333 e. The number of nitrogens with zero attached hydrogens (tertiary/aromatic N) is 3. The van der Waals surface area contributed by atoms with E-state index in [2.05, 4.69) is 11.9 Å². The van der Waals surface area contributed by atoms with Gasteiger partial charge in [0, 0.05) is 30.2 Å². The molecule has 0 N–H and O–H groups in total. The second-order valence-electron chi connectivity index (χ2n) is 5.57. The van der Waals surface area contributed by atoms with Gasteiger partial charge in [-0.1, -0.05) is 13.0 Å². The first-order valence-electron chi connectivity index (χ1n) is 7.40. The van der Waals surface area contributed by atoms with Crippen molar-refractivity contribution in [3.8, 4) is 0 Å². The number of likely N-dealkylation sites (N-methyl/N-ethyl adjacent to an activating group) is 1. The highest BCUT2D eigenvalue weighted by atomic mass is 32.2. The van der Waals surface area contributed by atoms with Crippen molar-refractivity contribution in [1.82, 2.24) is 13.9 Å². The van der Waals surface area contributed by atoms with Gasteiger partial charge >= 0.3 is 0 Å². The molecule has 2 aromatic heterocycles. The topological polar surface area (TPSA) is 55.2 Å². The third kappa shape index (κ3) is 3.59. The maximum atomic E-state index is 12.7. The van der Waals surface area contributed by atoms with Crippen molar-refractivity contribution in [2.24, 2.45) is 0 Å². The van der Waals surface area contributed by atoms with Gasteiger partial charge in [0.15, 0.2) is 5.03 Å². The van der Waals surface area contributed by atoms with Gasteiger partial charge in [-0.2, -0.15) is 4.31 Å². The average Bonchev–Trinajstić information content (AvgIpc) is 3.16. The van der Waals surface area contributed by atoms with Crippen LogP contribution in [-0.4, -0.2) is 35.4 Å². The van der Waals surface area contributed by atoms with Crippen molar-refractivity contribution in [3.63, 3.8) is 0 Å². The number of hydrogen-bond donors (Lipinski definition) is 0. The van der Waals surface area contributed by atoms with E-state index in [1.807, 2.05) is 35.9 Å². The second kappa shape index (κ2) is 6.93. The van der Waals surface area contributed by atoms with E-state index in [1.165, 1.54) is 9.18 Å². The Kier molecular flexibility index (Phi) is 5.41. The summed E-state index contributed by atoms with van der Waals surface area (Å²) in [6.07, 6.45) is 4.86. The van der Waals surface area contributed by atoms with Gasteiger partial charge in [-0.15, -0.1) is 11.3 Å². The predicted octanol–water partition coefficient (Wildman–Crippen LogP) is 3.17. The molecular weight excluding hydrogens is 318 g/mol. The fraction of sp³-hybridized carbons (Fsp3) is 0.533. The third-order valence-corrected chi connectivity index (χ3v) is 6.77. The lowest BCUT2D eigenvalue weighted by Gasteiger charge is -2.22. The SMILES string of the molecule is CC[C@@H](C)n1cnc(S(=O)(=O)N(C)[C@H](C)Cc2cccs2)c1. The van der Waals surface area contributed by atoms with Crippen molar-refractivity contribution in [1.29, 1.82) is 0 Å². The second-order valence-corrected chi connectivity index (χ2v) is 8.55. The molecule has 0 aliphatic carbocycles. The first-order chi connectivity index (χ1) is 10.4. The summed E-state index contributed by atoms with van der Waals surface area (Å²) in [4.78, 5) is 5.27. The summed E-state index contributed by atoms with van der Waals surface area (Å²) in [7, 11) is -1.94. The van der Waals surface area contributed by atoms with E-state index in [0.717, 1.165) is 6.42 Å². The highest BCUT2D eigenvalue weighted by Gasteiger charge is 2.28. The quantitative estimate of drug-likeness (QED) is 0.777. The Labute approximate surface area is 136 Å². The number of thiophene rings is 1. The van der Waals surface area contributed by atoms with Crippen molar-refractivity contribution in [2.45, 2.75) is 50.7 Å². The van der Waals surface area contributed by atoms with E-state index in [1.54, 1.807) is 30.9 Å². The Bertz CT molecular complexity index is 692. The molecule has 2 rings (SSSR count). The minimum atomic E-state index is -3.56. The maximum Gasteiger partial charge on any atom is 0.262 e. The molecule has 0 bridgehead atoms. The molecule has 22 heavy (non-hydrogen) atoms.